The Hall–Kier alpha value is -1.59. The van der Waals surface area contributed by atoms with E-state index in [1.165, 1.54) is 11.8 Å². The number of benzene rings is 2. The first-order chi connectivity index (χ1) is 9.74. The fourth-order valence-electron chi connectivity index (χ4n) is 2.10. The molecule has 1 aliphatic rings. The van der Waals surface area contributed by atoms with Crippen molar-refractivity contribution in [3.8, 4) is 5.75 Å². The van der Waals surface area contributed by atoms with Crippen LogP contribution in [0.2, 0.25) is 0 Å². The topological polar surface area (TPSA) is 29.5 Å². The molecule has 0 saturated carbocycles. The average Bonchev–Trinajstić information content (AvgIpc) is 2.91. The third-order valence-electron chi connectivity index (χ3n) is 3.15. The lowest BCUT2D eigenvalue weighted by Gasteiger charge is -2.15. The van der Waals surface area contributed by atoms with Crippen LogP contribution in [0.5, 0.6) is 5.75 Å². The molecule has 3 nitrogen and oxygen atoms in total. The van der Waals surface area contributed by atoms with Gasteiger partial charge in [0, 0.05) is 12.3 Å². The summed E-state index contributed by atoms with van der Waals surface area (Å²) in [5.41, 5.74) is 0. The second-order valence-corrected chi connectivity index (χ2v) is 6.19. The average molecular weight is 303 g/mol. The minimum atomic E-state index is -0.0758. The number of carbonyl (C=O) groups is 1. The maximum Gasteiger partial charge on any atom is 0.265 e. The summed E-state index contributed by atoms with van der Waals surface area (Å²) in [5, 5.41) is 2.26. The maximum absolute atomic E-state index is 12.0. The van der Waals surface area contributed by atoms with Crippen molar-refractivity contribution in [3.63, 3.8) is 0 Å². The minimum absolute atomic E-state index is 0.0268. The number of rotatable bonds is 3. The van der Waals surface area contributed by atoms with E-state index in [2.05, 4.69) is 0 Å². The lowest BCUT2D eigenvalue weighted by Crippen LogP contribution is -2.34. The summed E-state index contributed by atoms with van der Waals surface area (Å²) in [5.74, 6) is 1.50. The predicted molar refractivity (Wildman–Crippen MR) is 86.2 cm³/mol. The number of nitrogens with zero attached hydrogens (tertiary/aromatic N) is 1. The van der Waals surface area contributed by atoms with Crippen molar-refractivity contribution in [2.24, 2.45) is 0 Å². The van der Waals surface area contributed by atoms with Crippen LogP contribution in [0.1, 0.15) is 0 Å². The van der Waals surface area contributed by atoms with Crippen LogP contribution in [0, 0.1) is 0 Å². The van der Waals surface area contributed by atoms with Gasteiger partial charge in [-0.25, -0.2) is 0 Å². The zero-order valence-electron chi connectivity index (χ0n) is 10.7. The van der Waals surface area contributed by atoms with Crippen molar-refractivity contribution in [1.29, 1.82) is 0 Å². The first-order valence-corrected chi connectivity index (χ1v) is 7.72. The SMILES string of the molecule is O=C(COc1ccc2ccccc2c1)N1CCSC1=S. The van der Waals surface area contributed by atoms with Gasteiger partial charge in [0.25, 0.3) is 5.91 Å². The number of fused-ring (bicyclic) bond motifs is 1. The molecule has 0 unspecified atom stereocenters. The van der Waals surface area contributed by atoms with Crippen molar-refractivity contribution >= 4 is 45.0 Å². The van der Waals surface area contributed by atoms with Crippen LogP contribution in [-0.2, 0) is 4.79 Å². The summed E-state index contributed by atoms with van der Waals surface area (Å²) in [4.78, 5) is 13.6. The molecule has 2 aromatic rings. The molecule has 1 saturated heterocycles. The van der Waals surface area contributed by atoms with E-state index in [0.29, 0.717) is 16.6 Å². The Bertz CT molecular complexity index is 672. The van der Waals surface area contributed by atoms with Gasteiger partial charge in [-0.2, -0.15) is 0 Å². The summed E-state index contributed by atoms with van der Waals surface area (Å²) in [6.07, 6.45) is 0. The van der Waals surface area contributed by atoms with E-state index >= 15 is 0 Å². The van der Waals surface area contributed by atoms with E-state index in [-0.39, 0.29) is 12.5 Å². The van der Waals surface area contributed by atoms with Gasteiger partial charge in [0.1, 0.15) is 10.1 Å². The molecule has 5 heteroatoms. The van der Waals surface area contributed by atoms with Gasteiger partial charge < -0.3 is 4.74 Å². The summed E-state index contributed by atoms with van der Waals surface area (Å²) in [6, 6.07) is 13.9. The largest absolute Gasteiger partial charge is 0.484 e. The number of carbonyl (C=O) groups excluding carboxylic acids is 1. The van der Waals surface area contributed by atoms with E-state index in [1.54, 1.807) is 4.90 Å². The van der Waals surface area contributed by atoms with Gasteiger partial charge in [-0.05, 0) is 22.9 Å². The maximum atomic E-state index is 12.0. The Kier molecular flexibility index (Phi) is 3.89. The molecule has 0 aliphatic carbocycles. The molecule has 3 rings (SSSR count). The Morgan fingerprint density at radius 3 is 2.80 bits per heavy atom. The quantitative estimate of drug-likeness (QED) is 0.815. The van der Waals surface area contributed by atoms with E-state index in [4.69, 9.17) is 17.0 Å². The van der Waals surface area contributed by atoms with Gasteiger partial charge in [-0.1, -0.05) is 54.3 Å². The van der Waals surface area contributed by atoms with Gasteiger partial charge >= 0.3 is 0 Å². The third-order valence-corrected chi connectivity index (χ3v) is 4.57. The summed E-state index contributed by atoms with van der Waals surface area (Å²) < 4.78 is 6.23. The first kappa shape index (κ1) is 13.4. The smallest absolute Gasteiger partial charge is 0.265 e. The fourth-order valence-corrected chi connectivity index (χ4v) is 3.34. The molecule has 1 heterocycles. The Morgan fingerprint density at radius 1 is 1.25 bits per heavy atom. The van der Waals surface area contributed by atoms with Crippen molar-refractivity contribution in [1.82, 2.24) is 4.90 Å². The number of thiocarbonyl (C=S) groups is 1. The molecule has 1 fully saturated rings. The zero-order valence-corrected chi connectivity index (χ0v) is 12.4. The monoisotopic (exact) mass is 303 g/mol. The molecule has 0 bridgehead atoms. The number of thioether (sulfide) groups is 1. The van der Waals surface area contributed by atoms with Gasteiger partial charge in [-0.15, -0.1) is 0 Å². The molecule has 1 amide bonds. The molecule has 2 aromatic carbocycles. The Morgan fingerprint density at radius 2 is 2.05 bits per heavy atom. The second-order valence-electron chi connectivity index (χ2n) is 4.46. The Balaban J connectivity index is 1.67. The van der Waals surface area contributed by atoms with Crippen molar-refractivity contribution in [2.75, 3.05) is 18.9 Å². The molecule has 20 heavy (non-hydrogen) atoms. The lowest BCUT2D eigenvalue weighted by atomic mass is 10.1. The van der Waals surface area contributed by atoms with Crippen LogP contribution in [0.15, 0.2) is 42.5 Å². The normalized spacial score (nSPS) is 14.8. The molecule has 0 aromatic heterocycles. The highest BCUT2D eigenvalue weighted by Crippen LogP contribution is 2.21. The van der Waals surface area contributed by atoms with Crippen LogP contribution in [0.4, 0.5) is 0 Å². The van der Waals surface area contributed by atoms with E-state index in [1.807, 2.05) is 42.5 Å². The summed E-state index contributed by atoms with van der Waals surface area (Å²) >= 11 is 6.66. The van der Waals surface area contributed by atoms with Crippen molar-refractivity contribution < 1.29 is 9.53 Å². The predicted octanol–water partition coefficient (Wildman–Crippen LogP) is 3.08. The van der Waals surface area contributed by atoms with Gasteiger partial charge in [-0.3, -0.25) is 9.69 Å². The van der Waals surface area contributed by atoms with E-state index < -0.39 is 0 Å². The Labute approximate surface area is 126 Å². The fraction of sp³-hybridized carbons (Fsp3) is 0.200. The van der Waals surface area contributed by atoms with Crippen molar-refractivity contribution in [2.45, 2.75) is 0 Å². The van der Waals surface area contributed by atoms with Gasteiger partial charge in [0.2, 0.25) is 0 Å². The van der Waals surface area contributed by atoms with E-state index in [0.717, 1.165) is 16.5 Å². The number of hydrogen-bond acceptors (Lipinski definition) is 4. The van der Waals surface area contributed by atoms with Gasteiger partial charge in [0.05, 0.1) is 0 Å². The molecule has 1 aliphatic heterocycles. The highest BCUT2D eigenvalue weighted by molar-refractivity contribution is 8.23. The highest BCUT2D eigenvalue weighted by Gasteiger charge is 2.24. The molecular formula is C15H13NO2S2. The lowest BCUT2D eigenvalue weighted by molar-refractivity contribution is -0.128. The van der Waals surface area contributed by atoms with Crippen LogP contribution >= 0.6 is 24.0 Å². The molecule has 0 N–H and O–H groups in total. The standard InChI is InChI=1S/C15H13NO2S2/c17-14(16-7-8-20-15(16)19)10-18-13-6-5-11-3-1-2-4-12(11)9-13/h1-6,9H,7-8,10H2. The van der Waals surface area contributed by atoms with Gasteiger partial charge in [0.15, 0.2) is 6.61 Å². The molecule has 0 radical (unpaired) electrons. The minimum Gasteiger partial charge on any atom is -0.484 e. The highest BCUT2D eigenvalue weighted by atomic mass is 32.2. The van der Waals surface area contributed by atoms with E-state index in [9.17, 15) is 4.79 Å². The number of ether oxygens (including phenoxy) is 1. The number of amides is 1. The molecule has 0 atom stereocenters. The molecule has 0 spiro atoms. The van der Waals surface area contributed by atoms with Crippen LogP contribution < -0.4 is 4.74 Å². The number of hydrogen-bond donors (Lipinski definition) is 0. The summed E-state index contributed by atoms with van der Waals surface area (Å²) in [6.45, 7) is 0.711. The van der Waals surface area contributed by atoms with Crippen LogP contribution in [0.3, 0.4) is 0 Å². The molecular weight excluding hydrogens is 290 g/mol. The first-order valence-electron chi connectivity index (χ1n) is 6.33. The van der Waals surface area contributed by atoms with Crippen LogP contribution in [-0.4, -0.2) is 34.0 Å². The van der Waals surface area contributed by atoms with Crippen LogP contribution in [0.25, 0.3) is 10.8 Å². The second kappa shape index (κ2) is 5.81. The van der Waals surface area contributed by atoms with Crippen molar-refractivity contribution in [3.05, 3.63) is 42.5 Å². The zero-order chi connectivity index (χ0) is 13.9. The third kappa shape index (κ3) is 2.78. The molecule has 102 valence electrons. The summed E-state index contributed by atoms with van der Waals surface area (Å²) in [7, 11) is 0.